The standard InChI is InChI=1S/C8H6ClN3O/c9-8-11-4-6(5-12-8)3-7-10-1-2-13-7/h1-2,4-5H,3H2. The van der Waals surface area contributed by atoms with Gasteiger partial charge in [-0.2, -0.15) is 0 Å². The predicted molar refractivity (Wildman–Crippen MR) is 46.4 cm³/mol. The van der Waals surface area contributed by atoms with Crippen LogP contribution in [-0.4, -0.2) is 15.0 Å². The molecule has 0 atom stereocenters. The van der Waals surface area contributed by atoms with E-state index in [0.717, 1.165) is 5.56 Å². The SMILES string of the molecule is Clc1ncc(Cc2ncco2)cn1. The second-order valence-corrected chi connectivity index (χ2v) is 2.80. The summed E-state index contributed by atoms with van der Waals surface area (Å²) in [4.78, 5) is 11.7. The van der Waals surface area contributed by atoms with Gasteiger partial charge < -0.3 is 4.42 Å². The Morgan fingerprint density at radius 1 is 1.23 bits per heavy atom. The molecule has 0 aliphatic rings. The molecule has 0 spiro atoms. The van der Waals surface area contributed by atoms with Crippen molar-refractivity contribution >= 4 is 11.6 Å². The Hall–Kier alpha value is -1.42. The molecule has 2 aromatic heterocycles. The summed E-state index contributed by atoms with van der Waals surface area (Å²) < 4.78 is 5.07. The van der Waals surface area contributed by atoms with Crippen LogP contribution >= 0.6 is 11.6 Å². The molecule has 2 aromatic rings. The van der Waals surface area contributed by atoms with E-state index in [1.54, 1.807) is 18.6 Å². The minimum absolute atomic E-state index is 0.246. The van der Waals surface area contributed by atoms with E-state index in [-0.39, 0.29) is 5.28 Å². The van der Waals surface area contributed by atoms with E-state index in [4.69, 9.17) is 16.0 Å². The van der Waals surface area contributed by atoms with E-state index in [1.807, 2.05) is 0 Å². The molecule has 5 heteroatoms. The average molecular weight is 196 g/mol. The normalized spacial score (nSPS) is 10.2. The molecule has 13 heavy (non-hydrogen) atoms. The van der Waals surface area contributed by atoms with E-state index in [0.29, 0.717) is 12.3 Å². The minimum Gasteiger partial charge on any atom is -0.449 e. The maximum atomic E-state index is 5.53. The van der Waals surface area contributed by atoms with Crippen molar-refractivity contribution in [2.75, 3.05) is 0 Å². The van der Waals surface area contributed by atoms with Gasteiger partial charge in [0.05, 0.1) is 12.6 Å². The predicted octanol–water partition coefficient (Wildman–Crippen LogP) is 1.71. The Kier molecular flexibility index (Phi) is 2.23. The highest BCUT2D eigenvalue weighted by atomic mass is 35.5. The maximum Gasteiger partial charge on any atom is 0.222 e. The highest BCUT2D eigenvalue weighted by Crippen LogP contribution is 2.06. The first-order valence-corrected chi connectivity index (χ1v) is 4.07. The topological polar surface area (TPSA) is 51.8 Å². The second kappa shape index (κ2) is 3.53. The molecular formula is C8H6ClN3O. The van der Waals surface area contributed by atoms with Gasteiger partial charge in [-0.15, -0.1) is 0 Å². The van der Waals surface area contributed by atoms with E-state index < -0.39 is 0 Å². The summed E-state index contributed by atoms with van der Waals surface area (Å²) in [7, 11) is 0. The number of oxazole rings is 1. The fourth-order valence-corrected chi connectivity index (χ4v) is 1.04. The number of aromatic nitrogens is 3. The van der Waals surface area contributed by atoms with Gasteiger partial charge in [-0.05, 0) is 17.2 Å². The van der Waals surface area contributed by atoms with Crippen LogP contribution in [0.15, 0.2) is 29.3 Å². The first-order valence-electron chi connectivity index (χ1n) is 3.69. The van der Waals surface area contributed by atoms with Crippen LogP contribution in [0.25, 0.3) is 0 Å². The van der Waals surface area contributed by atoms with E-state index in [9.17, 15) is 0 Å². The van der Waals surface area contributed by atoms with Crippen molar-refractivity contribution in [3.05, 3.63) is 41.6 Å². The summed E-state index contributed by atoms with van der Waals surface area (Å²) in [6.45, 7) is 0. The molecule has 0 unspecified atom stereocenters. The molecule has 0 saturated heterocycles. The lowest BCUT2D eigenvalue weighted by molar-refractivity contribution is 0.506. The third-order valence-electron chi connectivity index (χ3n) is 1.51. The average Bonchev–Trinajstić information content (AvgIpc) is 2.62. The number of nitrogens with zero attached hydrogens (tertiary/aromatic N) is 3. The monoisotopic (exact) mass is 195 g/mol. The van der Waals surface area contributed by atoms with Crippen molar-refractivity contribution in [2.45, 2.75) is 6.42 Å². The van der Waals surface area contributed by atoms with Crippen LogP contribution in [0.4, 0.5) is 0 Å². The van der Waals surface area contributed by atoms with E-state index in [1.165, 1.54) is 6.26 Å². The van der Waals surface area contributed by atoms with Crippen LogP contribution in [0.2, 0.25) is 5.28 Å². The summed E-state index contributed by atoms with van der Waals surface area (Å²) in [5, 5.41) is 0.246. The third kappa shape index (κ3) is 2.03. The summed E-state index contributed by atoms with van der Waals surface area (Å²) in [5.74, 6) is 0.644. The van der Waals surface area contributed by atoms with E-state index in [2.05, 4.69) is 15.0 Å². The number of halogens is 1. The summed E-state index contributed by atoms with van der Waals surface area (Å²) in [6.07, 6.45) is 7.03. The van der Waals surface area contributed by atoms with Crippen LogP contribution in [-0.2, 0) is 6.42 Å². The van der Waals surface area contributed by atoms with Crippen LogP contribution in [0.3, 0.4) is 0 Å². The van der Waals surface area contributed by atoms with Gasteiger partial charge in [0.15, 0.2) is 5.89 Å². The molecule has 0 amide bonds. The lowest BCUT2D eigenvalue weighted by atomic mass is 10.2. The quantitative estimate of drug-likeness (QED) is 0.685. The Labute approximate surface area is 79.6 Å². The molecule has 0 saturated carbocycles. The Balaban J connectivity index is 2.15. The minimum atomic E-state index is 0.246. The molecule has 2 heterocycles. The molecule has 0 bridgehead atoms. The van der Waals surface area contributed by atoms with E-state index >= 15 is 0 Å². The zero-order valence-electron chi connectivity index (χ0n) is 6.64. The molecule has 0 aromatic carbocycles. The first kappa shape index (κ1) is 8.19. The molecule has 4 nitrogen and oxygen atoms in total. The van der Waals surface area contributed by atoms with Crippen molar-refractivity contribution in [2.24, 2.45) is 0 Å². The van der Waals surface area contributed by atoms with Crippen LogP contribution in [0.1, 0.15) is 11.5 Å². The van der Waals surface area contributed by atoms with Crippen molar-refractivity contribution < 1.29 is 4.42 Å². The smallest absolute Gasteiger partial charge is 0.222 e. The van der Waals surface area contributed by atoms with Crippen LogP contribution in [0.5, 0.6) is 0 Å². The lowest BCUT2D eigenvalue weighted by Gasteiger charge is -1.94. The molecule has 0 aliphatic heterocycles. The Morgan fingerprint density at radius 2 is 2.00 bits per heavy atom. The fraction of sp³-hybridized carbons (Fsp3) is 0.125. The zero-order valence-corrected chi connectivity index (χ0v) is 7.40. The van der Waals surface area contributed by atoms with Crippen molar-refractivity contribution in [3.8, 4) is 0 Å². The molecular weight excluding hydrogens is 190 g/mol. The highest BCUT2D eigenvalue weighted by Gasteiger charge is 2.00. The molecule has 0 N–H and O–H groups in total. The second-order valence-electron chi connectivity index (χ2n) is 2.46. The van der Waals surface area contributed by atoms with Gasteiger partial charge in [-0.3, -0.25) is 0 Å². The Morgan fingerprint density at radius 3 is 2.62 bits per heavy atom. The molecule has 66 valence electrons. The molecule has 0 radical (unpaired) electrons. The maximum absolute atomic E-state index is 5.53. The number of rotatable bonds is 2. The van der Waals surface area contributed by atoms with Crippen molar-refractivity contribution in [1.82, 2.24) is 15.0 Å². The summed E-state index contributed by atoms with van der Waals surface area (Å²) in [6, 6.07) is 0. The van der Waals surface area contributed by atoms with Crippen LogP contribution in [0, 0.1) is 0 Å². The first-order chi connectivity index (χ1) is 6.34. The van der Waals surface area contributed by atoms with Gasteiger partial charge in [0, 0.05) is 12.4 Å². The number of hydrogen-bond acceptors (Lipinski definition) is 4. The summed E-state index contributed by atoms with van der Waals surface area (Å²) >= 11 is 5.53. The molecule has 0 aliphatic carbocycles. The van der Waals surface area contributed by atoms with Gasteiger partial charge in [-0.1, -0.05) is 0 Å². The largest absolute Gasteiger partial charge is 0.449 e. The molecule has 2 rings (SSSR count). The Bertz CT molecular complexity index is 371. The van der Waals surface area contributed by atoms with Crippen molar-refractivity contribution in [3.63, 3.8) is 0 Å². The fourth-order valence-electron chi connectivity index (χ4n) is 0.945. The van der Waals surface area contributed by atoms with Gasteiger partial charge in [0.2, 0.25) is 5.28 Å². The number of hydrogen-bond donors (Lipinski definition) is 0. The molecule has 0 fully saturated rings. The highest BCUT2D eigenvalue weighted by molar-refractivity contribution is 6.28. The van der Waals surface area contributed by atoms with Crippen molar-refractivity contribution in [1.29, 1.82) is 0 Å². The summed E-state index contributed by atoms with van der Waals surface area (Å²) in [5.41, 5.74) is 0.923. The van der Waals surface area contributed by atoms with Gasteiger partial charge in [-0.25, -0.2) is 15.0 Å². The van der Waals surface area contributed by atoms with Gasteiger partial charge >= 0.3 is 0 Å². The van der Waals surface area contributed by atoms with Crippen LogP contribution < -0.4 is 0 Å². The van der Waals surface area contributed by atoms with Gasteiger partial charge in [0.25, 0.3) is 0 Å². The zero-order chi connectivity index (χ0) is 9.10. The third-order valence-corrected chi connectivity index (χ3v) is 1.71. The van der Waals surface area contributed by atoms with Gasteiger partial charge in [0.1, 0.15) is 6.26 Å². The lowest BCUT2D eigenvalue weighted by Crippen LogP contribution is -1.91.